The molecule has 2 saturated heterocycles. The van der Waals surface area contributed by atoms with Gasteiger partial charge in [0, 0.05) is 18.8 Å². The van der Waals surface area contributed by atoms with Gasteiger partial charge in [0.05, 0.1) is 37.1 Å². The van der Waals surface area contributed by atoms with E-state index in [2.05, 4.69) is 10.6 Å². The Labute approximate surface area is 148 Å². The predicted octanol–water partition coefficient (Wildman–Crippen LogP) is 1.79. The summed E-state index contributed by atoms with van der Waals surface area (Å²) in [5.74, 6) is 0.0170. The van der Waals surface area contributed by atoms with Crippen LogP contribution in [0, 0.1) is 10.8 Å². The van der Waals surface area contributed by atoms with Gasteiger partial charge in [-0.15, -0.1) is 5.06 Å². The van der Waals surface area contributed by atoms with Gasteiger partial charge in [-0.3, -0.25) is 4.79 Å². The highest BCUT2D eigenvalue weighted by molar-refractivity contribution is 5.99. The molecule has 4 rings (SSSR count). The van der Waals surface area contributed by atoms with Gasteiger partial charge in [-0.2, -0.15) is 13.2 Å². The summed E-state index contributed by atoms with van der Waals surface area (Å²) in [6.07, 6.45) is -4.54. The number of amides is 1. The van der Waals surface area contributed by atoms with Crippen molar-refractivity contribution in [2.45, 2.75) is 12.6 Å². The first-order valence-electron chi connectivity index (χ1n) is 8.56. The van der Waals surface area contributed by atoms with Gasteiger partial charge in [0.1, 0.15) is 5.75 Å². The first-order chi connectivity index (χ1) is 12.4. The molecular formula is C17H20F3N3O3. The van der Waals surface area contributed by atoms with E-state index in [1.54, 1.807) is 29.3 Å². The first-order valence-corrected chi connectivity index (χ1v) is 8.56. The molecule has 1 saturated carbocycles. The van der Waals surface area contributed by atoms with Gasteiger partial charge in [0.25, 0.3) is 0 Å². The summed E-state index contributed by atoms with van der Waals surface area (Å²) < 4.78 is 45.3. The fraction of sp³-hybridized carbons (Fsp3) is 0.588. The third-order valence-corrected chi connectivity index (χ3v) is 5.54. The summed E-state index contributed by atoms with van der Waals surface area (Å²) in [4.78, 5) is 18.2. The van der Waals surface area contributed by atoms with Crippen LogP contribution in [0.4, 0.5) is 18.9 Å². The largest absolute Gasteiger partial charge is 0.406 e. The van der Waals surface area contributed by atoms with Crippen LogP contribution in [0.5, 0.6) is 5.75 Å². The predicted molar refractivity (Wildman–Crippen MR) is 86.5 cm³/mol. The number of nitrogens with one attached hydrogen (secondary N) is 2. The van der Waals surface area contributed by atoms with Gasteiger partial charge in [-0.1, -0.05) is 0 Å². The van der Waals surface area contributed by atoms with Crippen molar-refractivity contribution in [1.82, 2.24) is 10.4 Å². The number of rotatable bonds is 4. The summed E-state index contributed by atoms with van der Waals surface area (Å²) in [5.41, 5.74) is -2.87. The van der Waals surface area contributed by atoms with E-state index in [1.165, 1.54) is 0 Å². The maximum atomic E-state index is 13.4. The molecule has 1 amide bonds. The van der Waals surface area contributed by atoms with Crippen molar-refractivity contribution < 1.29 is 27.5 Å². The molecule has 142 valence electrons. The molecule has 2 N–H and O–H groups in total. The second-order valence-corrected chi connectivity index (χ2v) is 7.05. The maximum absolute atomic E-state index is 13.4. The zero-order chi connectivity index (χ0) is 18.4. The molecule has 0 radical (unpaired) electrons. The quantitative estimate of drug-likeness (QED) is 0.845. The number of fused-ring (bicyclic) bond motifs is 1. The van der Waals surface area contributed by atoms with Crippen molar-refractivity contribution in [2.24, 2.45) is 10.8 Å². The third-order valence-electron chi connectivity index (χ3n) is 5.54. The summed E-state index contributed by atoms with van der Waals surface area (Å²) in [7, 11) is 0. The highest BCUT2D eigenvalue weighted by atomic mass is 19.4. The lowest BCUT2D eigenvalue weighted by atomic mass is 9.94. The Morgan fingerprint density at radius 2 is 1.88 bits per heavy atom. The normalized spacial score (nSPS) is 31.3. The van der Waals surface area contributed by atoms with Crippen molar-refractivity contribution in [3.8, 4) is 5.75 Å². The van der Waals surface area contributed by atoms with Gasteiger partial charge in [-0.05, 0) is 30.7 Å². The Morgan fingerprint density at radius 3 is 2.50 bits per heavy atom. The number of ether oxygens (including phenoxy) is 1. The summed E-state index contributed by atoms with van der Waals surface area (Å²) in [5, 5.41) is 7.12. The molecule has 2 heterocycles. The number of hydrogen-bond donors (Lipinski definition) is 2. The molecule has 2 unspecified atom stereocenters. The fourth-order valence-corrected chi connectivity index (χ4v) is 3.91. The van der Waals surface area contributed by atoms with Gasteiger partial charge in [-0.25, -0.2) is 0 Å². The van der Waals surface area contributed by atoms with E-state index in [1.807, 2.05) is 0 Å². The SMILES string of the molecule is O=C(Nc1ccc(ON2CCOCC2)cc1)C12CNCC1(C(F)(F)F)C2. The number of carbonyl (C=O) groups excluding carboxylic acids is 1. The minimum atomic E-state index is -4.39. The Morgan fingerprint density at radius 1 is 1.19 bits per heavy atom. The molecule has 9 heteroatoms. The lowest BCUT2D eigenvalue weighted by Crippen LogP contribution is -2.38. The minimum Gasteiger partial charge on any atom is -0.406 e. The molecule has 0 bridgehead atoms. The second-order valence-electron chi connectivity index (χ2n) is 7.05. The number of nitrogens with zero attached hydrogens (tertiary/aromatic N) is 1. The standard InChI is InChI=1S/C17H20F3N3O3/c18-17(19,20)16-9-15(16,10-21-11-16)14(24)22-12-1-3-13(4-2-12)26-23-5-7-25-8-6-23/h1-4,21H,5-11H2,(H,22,24). The topological polar surface area (TPSA) is 62.8 Å². The van der Waals surface area contributed by atoms with Gasteiger partial charge in [0.2, 0.25) is 5.91 Å². The van der Waals surface area contributed by atoms with Crippen LogP contribution in [0.2, 0.25) is 0 Å². The van der Waals surface area contributed by atoms with E-state index < -0.39 is 22.9 Å². The van der Waals surface area contributed by atoms with E-state index in [9.17, 15) is 18.0 Å². The molecule has 1 aromatic rings. The van der Waals surface area contributed by atoms with Crippen LogP contribution in [0.25, 0.3) is 0 Å². The van der Waals surface area contributed by atoms with E-state index in [0.29, 0.717) is 37.7 Å². The molecule has 0 aromatic heterocycles. The van der Waals surface area contributed by atoms with E-state index in [-0.39, 0.29) is 19.5 Å². The fourth-order valence-electron chi connectivity index (χ4n) is 3.91. The van der Waals surface area contributed by atoms with Crippen LogP contribution >= 0.6 is 0 Å². The number of alkyl halides is 3. The van der Waals surface area contributed by atoms with Crippen LogP contribution in [0.3, 0.4) is 0 Å². The molecule has 2 aliphatic heterocycles. The van der Waals surface area contributed by atoms with Gasteiger partial charge < -0.3 is 20.2 Å². The van der Waals surface area contributed by atoms with E-state index in [4.69, 9.17) is 9.57 Å². The average molecular weight is 371 g/mol. The lowest BCUT2D eigenvalue weighted by molar-refractivity contribution is -0.191. The highest BCUT2D eigenvalue weighted by Crippen LogP contribution is 2.73. The summed E-state index contributed by atoms with van der Waals surface area (Å²) in [6, 6.07) is 6.62. The van der Waals surface area contributed by atoms with Crippen LogP contribution in [-0.4, -0.2) is 56.5 Å². The van der Waals surface area contributed by atoms with Crippen molar-refractivity contribution in [1.29, 1.82) is 0 Å². The van der Waals surface area contributed by atoms with Crippen molar-refractivity contribution >= 4 is 11.6 Å². The number of halogens is 3. The minimum absolute atomic E-state index is 0.0522. The van der Waals surface area contributed by atoms with E-state index >= 15 is 0 Å². The number of hydrogen-bond acceptors (Lipinski definition) is 5. The molecule has 2 atom stereocenters. The zero-order valence-corrected chi connectivity index (χ0v) is 14.1. The summed E-state index contributed by atoms with van der Waals surface area (Å²) in [6.45, 7) is 2.38. The van der Waals surface area contributed by atoms with Crippen molar-refractivity contribution in [2.75, 3.05) is 44.7 Å². The van der Waals surface area contributed by atoms with Crippen LogP contribution < -0.4 is 15.5 Å². The van der Waals surface area contributed by atoms with Gasteiger partial charge in [0.15, 0.2) is 0 Å². The molecule has 6 nitrogen and oxygen atoms in total. The monoisotopic (exact) mass is 371 g/mol. The Hall–Kier alpha value is -1.84. The maximum Gasteiger partial charge on any atom is 0.396 e. The number of carbonyl (C=O) groups is 1. The number of morpholine rings is 1. The van der Waals surface area contributed by atoms with Crippen LogP contribution in [0.15, 0.2) is 24.3 Å². The molecule has 1 aliphatic carbocycles. The zero-order valence-electron chi connectivity index (χ0n) is 14.1. The molecule has 3 fully saturated rings. The molecule has 3 aliphatic rings. The Balaban J connectivity index is 1.39. The van der Waals surface area contributed by atoms with Gasteiger partial charge >= 0.3 is 6.18 Å². The van der Waals surface area contributed by atoms with Crippen LogP contribution in [-0.2, 0) is 9.53 Å². The number of anilines is 1. The number of piperidine rings is 1. The second kappa shape index (κ2) is 6.11. The molecular weight excluding hydrogens is 351 g/mol. The Bertz CT molecular complexity index is 691. The lowest BCUT2D eigenvalue weighted by Gasteiger charge is -2.26. The third kappa shape index (κ3) is 2.74. The summed E-state index contributed by atoms with van der Waals surface area (Å²) >= 11 is 0. The smallest absolute Gasteiger partial charge is 0.396 e. The molecule has 0 spiro atoms. The molecule has 1 aromatic carbocycles. The van der Waals surface area contributed by atoms with Crippen LogP contribution in [0.1, 0.15) is 6.42 Å². The highest BCUT2D eigenvalue weighted by Gasteiger charge is 2.84. The Kier molecular flexibility index (Phi) is 4.13. The van der Waals surface area contributed by atoms with E-state index in [0.717, 1.165) is 0 Å². The van der Waals surface area contributed by atoms with Crippen molar-refractivity contribution in [3.05, 3.63) is 24.3 Å². The van der Waals surface area contributed by atoms with Crippen molar-refractivity contribution in [3.63, 3.8) is 0 Å². The average Bonchev–Trinajstić information content (AvgIpc) is 3.15. The number of hydroxylamine groups is 2. The first kappa shape index (κ1) is 17.6. The molecule has 26 heavy (non-hydrogen) atoms. The number of benzene rings is 1.